The number of nitrogens with zero attached hydrogens (tertiary/aromatic N) is 1. The molecule has 1 heterocycles. The molecule has 0 spiro atoms. The maximum absolute atomic E-state index is 13.2. The molecule has 1 N–H and O–H groups in total. The number of rotatable bonds is 7. The van der Waals surface area contributed by atoms with Crippen molar-refractivity contribution in [2.24, 2.45) is 0 Å². The molecular formula is C25H26FNO3S. The summed E-state index contributed by atoms with van der Waals surface area (Å²) in [5.74, 6) is 0.540. The fourth-order valence-electron chi connectivity index (χ4n) is 4.29. The van der Waals surface area contributed by atoms with E-state index >= 15 is 0 Å². The van der Waals surface area contributed by atoms with Crippen LogP contribution in [0.25, 0.3) is 0 Å². The topological polar surface area (TPSA) is 41.9 Å². The highest BCUT2D eigenvalue weighted by molar-refractivity contribution is 7.80. The van der Waals surface area contributed by atoms with Gasteiger partial charge in [-0.25, -0.2) is 4.39 Å². The Morgan fingerprint density at radius 3 is 2.68 bits per heavy atom. The summed E-state index contributed by atoms with van der Waals surface area (Å²) in [6.07, 6.45) is 11.4. The quantitative estimate of drug-likeness (QED) is 0.579. The third kappa shape index (κ3) is 4.74. The second kappa shape index (κ2) is 9.52. The zero-order chi connectivity index (χ0) is 21.8. The largest absolute Gasteiger partial charge is 0.507 e. The van der Waals surface area contributed by atoms with E-state index < -0.39 is 0 Å². The fourth-order valence-corrected chi connectivity index (χ4v) is 4.66. The zero-order valence-electron chi connectivity index (χ0n) is 17.4. The lowest BCUT2D eigenvalue weighted by molar-refractivity contribution is 0.168. The Labute approximate surface area is 187 Å². The number of aromatic hydroxyl groups is 1. The summed E-state index contributed by atoms with van der Waals surface area (Å²) in [5, 5.41) is 11.2. The molecule has 1 fully saturated rings. The predicted octanol–water partition coefficient (Wildman–Crippen LogP) is 5.47. The number of allylic oxidation sites excluding steroid dienone is 2. The van der Waals surface area contributed by atoms with Crippen molar-refractivity contribution < 1.29 is 19.0 Å². The third-order valence-electron chi connectivity index (χ3n) is 5.85. The number of halogens is 1. The molecule has 1 unspecified atom stereocenters. The Morgan fingerprint density at radius 2 is 2.00 bits per heavy atom. The summed E-state index contributed by atoms with van der Waals surface area (Å²) in [7, 11) is 1.58. The first-order valence-electron chi connectivity index (χ1n) is 10.5. The molecule has 1 aliphatic heterocycles. The van der Waals surface area contributed by atoms with Gasteiger partial charge in [-0.3, -0.25) is 0 Å². The second-order valence-electron chi connectivity index (χ2n) is 7.83. The average molecular weight is 440 g/mol. The zero-order valence-corrected chi connectivity index (χ0v) is 18.2. The minimum absolute atomic E-state index is 0.0751. The molecular weight excluding hydrogens is 413 g/mol. The van der Waals surface area contributed by atoms with E-state index in [1.165, 1.54) is 12.1 Å². The van der Waals surface area contributed by atoms with E-state index in [0.717, 1.165) is 36.8 Å². The van der Waals surface area contributed by atoms with Crippen LogP contribution in [0.2, 0.25) is 0 Å². The lowest BCUT2D eigenvalue weighted by atomic mass is 9.93. The van der Waals surface area contributed by atoms with Crippen molar-refractivity contribution in [3.63, 3.8) is 0 Å². The SMILES string of the molecule is COc1ccc([C@@H]2[C@@H](CCCc3ccc(F)cc3)OC(=S)N2C2C=CC=CC2)c(O)c1. The fraction of sp³-hybridized carbons (Fsp3) is 0.320. The Morgan fingerprint density at radius 1 is 1.19 bits per heavy atom. The van der Waals surface area contributed by atoms with Crippen LogP contribution in [0.3, 0.4) is 0 Å². The lowest BCUT2D eigenvalue weighted by Gasteiger charge is -2.32. The molecule has 2 aliphatic rings. The molecule has 0 bridgehead atoms. The van der Waals surface area contributed by atoms with Crippen LogP contribution < -0.4 is 4.74 Å². The molecule has 0 radical (unpaired) electrons. The van der Waals surface area contributed by atoms with Crippen molar-refractivity contribution in [2.45, 2.75) is 43.9 Å². The minimum atomic E-state index is -0.228. The highest BCUT2D eigenvalue weighted by Crippen LogP contribution is 2.43. The molecule has 1 aliphatic carbocycles. The van der Waals surface area contributed by atoms with Gasteiger partial charge in [0.05, 0.1) is 19.2 Å². The molecule has 2 aromatic rings. The number of thiocarbonyl (C=S) groups is 1. The molecule has 162 valence electrons. The standard InChI is InChI=1S/C25H26FNO3S/c1-29-20-14-15-21(22(28)16-20)24-23(9-5-6-17-10-12-18(26)13-11-17)30-25(31)27(24)19-7-3-2-4-8-19/h2-4,7,10-16,19,23-24,28H,5-6,8-9H2,1H3/t19?,23-,24-/m1/s1. The molecule has 2 aromatic carbocycles. The second-order valence-corrected chi connectivity index (χ2v) is 8.18. The highest BCUT2D eigenvalue weighted by Gasteiger charge is 2.43. The van der Waals surface area contributed by atoms with Crippen LogP contribution in [-0.4, -0.2) is 34.4 Å². The van der Waals surface area contributed by atoms with Crippen LogP contribution in [-0.2, 0) is 11.2 Å². The molecule has 4 nitrogen and oxygen atoms in total. The number of hydrogen-bond acceptors (Lipinski definition) is 4. The van der Waals surface area contributed by atoms with Crippen LogP contribution in [0.15, 0.2) is 66.8 Å². The van der Waals surface area contributed by atoms with E-state index in [1.54, 1.807) is 13.2 Å². The van der Waals surface area contributed by atoms with Gasteiger partial charge < -0.3 is 19.5 Å². The molecule has 31 heavy (non-hydrogen) atoms. The predicted molar refractivity (Wildman–Crippen MR) is 123 cm³/mol. The Hall–Kier alpha value is -2.86. The molecule has 0 amide bonds. The van der Waals surface area contributed by atoms with Crippen molar-refractivity contribution in [2.75, 3.05) is 7.11 Å². The first-order chi connectivity index (χ1) is 15.1. The van der Waals surface area contributed by atoms with Gasteiger partial charge in [0.25, 0.3) is 5.17 Å². The Bertz CT molecular complexity index is 989. The monoisotopic (exact) mass is 439 g/mol. The van der Waals surface area contributed by atoms with Gasteiger partial charge in [0.1, 0.15) is 23.4 Å². The van der Waals surface area contributed by atoms with Crippen LogP contribution in [0.4, 0.5) is 4.39 Å². The average Bonchev–Trinajstić information content (AvgIpc) is 3.11. The normalized spacial score (nSPS) is 22.6. The van der Waals surface area contributed by atoms with Gasteiger partial charge in [0.2, 0.25) is 0 Å². The van der Waals surface area contributed by atoms with Crippen molar-refractivity contribution in [1.82, 2.24) is 4.90 Å². The molecule has 6 heteroatoms. The summed E-state index contributed by atoms with van der Waals surface area (Å²) in [6.45, 7) is 0. The Balaban J connectivity index is 1.57. The number of ether oxygens (including phenoxy) is 2. The van der Waals surface area contributed by atoms with Gasteiger partial charge in [0, 0.05) is 11.6 Å². The molecule has 0 saturated carbocycles. The van der Waals surface area contributed by atoms with E-state index in [2.05, 4.69) is 17.1 Å². The number of aryl methyl sites for hydroxylation is 1. The van der Waals surface area contributed by atoms with Gasteiger partial charge in [-0.1, -0.05) is 36.4 Å². The first kappa shape index (κ1) is 21.4. The van der Waals surface area contributed by atoms with Gasteiger partial charge >= 0.3 is 0 Å². The van der Waals surface area contributed by atoms with Crippen LogP contribution in [0.1, 0.15) is 36.4 Å². The van der Waals surface area contributed by atoms with E-state index in [0.29, 0.717) is 10.9 Å². The maximum Gasteiger partial charge on any atom is 0.260 e. The molecule has 3 atom stereocenters. The molecule has 4 rings (SSSR count). The van der Waals surface area contributed by atoms with Crippen LogP contribution >= 0.6 is 12.2 Å². The summed E-state index contributed by atoms with van der Waals surface area (Å²) >= 11 is 5.62. The van der Waals surface area contributed by atoms with E-state index in [9.17, 15) is 9.50 Å². The van der Waals surface area contributed by atoms with Gasteiger partial charge in [0.15, 0.2) is 0 Å². The molecule has 1 saturated heterocycles. The minimum Gasteiger partial charge on any atom is -0.507 e. The van der Waals surface area contributed by atoms with Crippen molar-refractivity contribution in [3.8, 4) is 11.5 Å². The van der Waals surface area contributed by atoms with Gasteiger partial charge in [-0.15, -0.1) is 0 Å². The summed E-state index contributed by atoms with van der Waals surface area (Å²) in [5.41, 5.74) is 1.86. The van der Waals surface area contributed by atoms with Crippen molar-refractivity contribution >= 4 is 17.4 Å². The Kier molecular flexibility index (Phi) is 6.56. The maximum atomic E-state index is 13.2. The van der Waals surface area contributed by atoms with Crippen LogP contribution in [0, 0.1) is 5.82 Å². The van der Waals surface area contributed by atoms with Gasteiger partial charge in [-0.05, 0) is 67.7 Å². The lowest BCUT2D eigenvalue weighted by Crippen LogP contribution is -2.38. The number of phenols is 1. The molecule has 0 aromatic heterocycles. The van der Waals surface area contributed by atoms with E-state index in [1.807, 2.05) is 36.4 Å². The number of hydrogen-bond donors (Lipinski definition) is 1. The van der Waals surface area contributed by atoms with Crippen molar-refractivity contribution in [1.29, 1.82) is 0 Å². The first-order valence-corrected chi connectivity index (χ1v) is 10.9. The number of benzene rings is 2. The third-order valence-corrected chi connectivity index (χ3v) is 6.16. The highest BCUT2D eigenvalue weighted by atomic mass is 32.1. The van der Waals surface area contributed by atoms with E-state index in [4.69, 9.17) is 21.7 Å². The van der Waals surface area contributed by atoms with Crippen molar-refractivity contribution in [3.05, 3.63) is 83.7 Å². The summed E-state index contributed by atoms with van der Waals surface area (Å²) in [6, 6.07) is 11.8. The number of methoxy groups -OCH3 is 1. The summed E-state index contributed by atoms with van der Waals surface area (Å²) in [4.78, 5) is 2.10. The van der Waals surface area contributed by atoms with Crippen LogP contribution in [0.5, 0.6) is 11.5 Å². The van der Waals surface area contributed by atoms with E-state index in [-0.39, 0.29) is 29.8 Å². The van der Waals surface area contributed by atoms with Gasteiger partial charge in [-0.2, -0.15) is 0 Å². The summed E-state index contributed by atoms with van der Waals surface area (Å²) < 4.78 is 24.6. The number of phenolic OH excluding ortho intramolecular Hbond substituents is 1. The smallest absolute Gasteiger partial charge is 0.260 e.